The number of halogens is 1. The Hall–Kier alpha value is -1.69. The maximum atomic E-state index is 12.6. The van der Waals surface area contributed by atoms with Gasteiger partial charge in [-0.3, -0.25) is 4.79 Å². The molecule has 1 aromatic rings. The molecule has 0 amide bonds. The number of nitrogens with zero attached hydrogens (tertiary/aromatic N) is 1. The van der Waals surface area contributed by atoms with Crippen LogP contribution in [-0.4, -0.2) is 5.78 Å². The van der Waals surface area contributed by atoms with Crippen molar-refractivity contribution in [1.29, 1.82) is 5.26 Å². The maximum Gasteiger partial charge on any atom is 0.162 e. The molecular weight excluding hydrogens is 205 g/mol. The zero-order valence-corrected chi connectivity index (χ0v) is 8.87. The first-order valence-electron chi connectivity index (χ1n) is 5.35. The second-order valence-electron chi connectivity index (χ2n) is 4.32. The first-order chi connectivity index (χ1) is 7.65. The molecule has 1 saturated carbocycles. The van der Waals surface area contributed by atoms with Gasteiger partial charge in [0, 0.05) is 12.0 Å². The summed E-state index contributed by atoms with van der Waals surface area (Å²) in [6.07, 6.45) is 2.80. The van der Waals surface area contributed by atoms with E-state index < -0.39 is 0 Å². The fourth-order valence-corrected chi connectivity index (χ4v) is 1.70. The Morgan fingerprint density at radius 3 is 2.50 bits per heavy atom. The van der Waals surface area contributed by atoms with E-state index >= 15 is 0 Å². The lowest BCUT2D eigenvalue weighted by molar-refractivity contribution is 0.0975. The van der Waals surface area contributed by atoms with Crippen molar-refractivity contribution >= 4 is 5.78 Å². The van der Waals surface area contributed by atoms with Crippen molar-refractivity contribution in [3.8, 4) is 6.07 Å². The van der Waals surface area contributed by atoms with Gasteiger partial charge in [-0.25, -0.2) is 4.39 Å². The number of carbonyl (C=O) groups is 1. The van der Waals surface area contributed by atoms with Gasteiger partial charge in [0.15, 0.2) is 5.78 Å². The molecule has 0 aromatic heterocycles. The van der Waals surface area contributed by atoms with Crippen molar-refractivity contribution in [2.45, 2.75) is 25.7 Å². The summed E-state index contributed by atoms with van der Waals surface area (Å²) in [4.78, 5) is 11.7. The summed E-state index contributed by atoms with van der Waals surface area (Å²) in [5.74, 6) is -0.353. The van der Waals surface area contributed by atoms with Crippen molar-refractivity contribution in [2.75, 3.05) is 0 Å². The van der Waals surface area contributed by atoms with E-state index in [4.69, 9.17) is 5.26 Å². The van der Waals surface area contributed by atoms with Gasteiger partial charge in [0.25, 0.3) is 0 Å². The highest BCUT2D eigenvalue weighted by molar-refractivity contribution is 5.96. The second-order valence-corrected chi connectivity index (χ2v) is 4.32. The van der Waals surface area contributed by atoms with Gasteiger partial charge >= 0.3 is 0 Å². The molecule has 0 N–H and O–H groups in total. The van der Waals surface area contributed by atoms with Gasteiger partial charge < -0.3 is 0 Å². The highest BCUT2D eigenvalue weighted by atomic mass is 19.1. The lowest BCUT2D eigenvalue weighted by atomic mass is 9.97. The summed E-state index contributed by atoms with van der Waals surface area (Å²) < 4.78 is 12.6. The molecule has 0 heterocycles. The van der Waals surface area contributed by atoms with Crippen LogP contribution in [0.5, 0.6) is 0 Å². The summed E-state index contributed by atoms with van der Waals surface area (Å²) in [6.45, 7) is 0. The van der Waals surface area contributed by atoms with Gasteiger partial charge in [0.2, 0.25) is 0 Å². The topological polar surface area (TPSA) is 40.9 Å². The van der Waals surface area contributed by atoms with Crippen LogP contribution in [0.4, 0.5) is 4.39 Å². The van der Waals surface area contributed by atoms with Crippen molar-refractivity contribution in [3.63, 3.8) is 0 Å². The van der Waals surface area contributed by atoms with Crippen LogP contribution in [0.25, 0.3) is 0 Å². The Kier molecular flexibility index (Phi) is 2.74. The summed E-state index contributed by atoms with van der Waals surface area (Å²) >= 11 is 0. The van der Waals surface area contributed by atoms with Crippen molar-refractivity contribution in [2.24, 2.45) is 5.41 Å². The molecule has 0 spiro atoms. The molecule has 2 rings (SSSR count). The number of hydrogen-bond acceptors (Lipinski definition) is 2. The number of hydrogen-bond donors (Lipinski definition) is 0. The Morgan fingerprint density at radius 2 is 2.00 bits per heavy atom. The number of carbonyl (C=O) groups excluding carboxylic acids is 1. The highest BCUT2D eigenvalue weighted by Crippen LogP contribution is 2.48. The van der Waals surface area contributed by atoms with E-state index in [1.165, 1.54) is 24.3 Å². The van der Waals surface area contributed by atoms with Crippen LogP contribution in [-0.2, 0) is 0 Å². The Balaban J connectivity index is 1.94. The fraction of sp³-hybridized carbons (Fsp3) is 0.385. The number of ketones is 1. The second kappa shape index (κ2) is 4.05. The number of nitriles is 1. The van der Waals surface area contributed by atoms with Crippen LogP contribution >= 0.6 is 0 Å². The summed E-state index contributed by atoms with van der Waals surface area (Å²) in [6, 6.07) is 7.80. The number of benzene rings is 1. The van der Waals surface area contributed by atoms with Crippen LogP contribution in [0.3, 0.4) is 0 Å². The van der Waals surface area contributed by atoms with E-state index in [0.717, 1.165) is 12.8 Å². The van der Waals surface area contributed by atoms with Crippen molar-refractivity contribution in [1.82, 2.24) is 0 Å². The SMILES string of the molecule is N#CC1(CCC(=O)c2ccc(F)cc2)CC1. The predicted molar refractivity (Wildman–Crippen MR) is 57.2 cm³/mol. The molecule has 0 radical (unpaired) electrons. The van der Waals surface area contributed by atoms with Gasteiger partial charge in [-0.05, 0) is 43.5 Å². The largest absolute Gasteiger partial charge is 0.294 e. The molecule has 82 valence electrons. The molecule has 1 aliphatic rings. The van der Waals surface area contributed by atoms with E-state index in [9.17, 15) is 9.18 Å². The van der Waals surface area contributed by atoms with Gasteiger partial charge in [-0.1, -0.05) is 0 Å². The summed E-state index contributed by atoms with van der Waals surface area (Å²) in [5, 5.41) is 8.87. The molecule has 3 heteroatoms. The lowest BCUT2D eigenvalue weighted by Gasteiger charge is -2.04. The van der Waals surface area contributed by atoms with Crippen LogP contribution in [0.1, 0.15) is 36.0 Å². The van der Waals surface area contributed by atoms with Gasteiger partial charge in [0.05, 0.1) is 11.5 Å². The third-order valence-electron chi connectivity index (χ3n) is 3.09. The van der Waals surface area contributed by atoms with Crippen molar-refractivity contribution in [3.05, 3.63) is 35.6 Å². The predicted octanol–water partition coefficient (Wildman–Crippen LogP) is 3.09. The minimum absolute atomic E-state index is 0.0125. The smallest absolute Gasteiger partial charge is 0.162 e. The molecule has 0 unspecified atom stereocenters. The molecular formula is C13H12FNO. The third kappa shape index (κ3) is 2.27. The van der Waals surface area contributed by atoms with E-state index in [0.29, 0.717) is 18.4 Å². The molecule has 1 aliphatic carbocycles. The van der Waals surface area contributed by atoms with Crippen molar-refractivity contribution < 1.29 is 9.18 Å². The Bertz CT molecular complexity index is 440. The van der Waals surface area contributed by atoms with Gasteiger partial charge in [0.1, 0.15) is 5.82 Å². The zero-order valence-electron chi connectivity index (χ0n) is 8.87. The van der Waals surface area contributed by atoms with E-state index in [2.05, 4.69) is 6.07 Å². The average Bonchev–Trinajstić information content (AvgIpc) is 3.08. The first kappa shape index (κ1) is 10.8. The minimum Gasteiger partial charge on any atom is -0.294 e. The number of rotatable bonds is 4. The molecule has 2 nitrogen and oxygen atoms in total. The molecule has 16 heavy (non-hydrogen) atoms. The first-order valence-corrected chi connectivity index (χ1v) is 5.35. The van der Waals surface area contributed by atoms with Gasteiger partial charge in [-0.2, -0.15) is 5.26 Å². The third-order valence-corrected chi connectivity index (χ3v) is 3.09. The van der Waals surface area contributed by atoms with Crippen LogP contribution < -0.4 is 0 Å². The standard InChI is InChI=1S/C13H12FNO/c14-11-3-1-10(2-4-11)12(16)5-6-13(9-15)7-8-13/h1-4H,5-8H2. The lowest BCUT2D eigenvalue weighted by Crippen LogP contribution is -2.04. The monoisotopic (exact) mass is 217 g/mol. The van der Waals surface area contributed by atoms with E-state index in [1.54, 1.807) is 0 Å². The molecule has 0 bridgehead atoms. The molecule has 0 aliphatic heterocycles. The molecule has 1 fully saturated rings. The normalized spacial score (nSPS) is 16.5. The van der Waals surface area contributed by atoms with Gasteiger partial charge in [-0.15, -0.1) is 0 Å². The summed E-state index contributed by atoms with van der Waals surface area (Å²) in [7, 11) is 0. The van der Waals surface area contributed by atoms with E-state index in [-0.39, 0.29) is 17.0 Å². The maximum absolute atomic E-state index is 12.6. The fourth-order valence-electron chi connectivity index (χ4n) is 1.70. The molecule has 1 aromatic carbocycles. The highest BCUT2D eigenvalue weighted by Gasteiger charge is 2.42. The Labute approximate surface area is 93.7 Å². The molecule has 0 atom stereocenters. The quantitative estimate of drug-likeness (QED) is 0.727. The van der Waals surface area contributed by atoms with Crippen LogP contribution in [0, 0.1) is 22.6 Å². The van der Waals surface area contributed by atoms with Crippen LogP contribution in [0.15, 0.2) is 24.3 Å². The Morgan fingerprint density at radius 1 is 1.38 bits per heavy atom. The zero-order chi connectivity index (χ0) is 11.6. The van der Waals surface area contributed by atoms with E-state index in [1.807, 2.05) is 0 Å². The molecule has 0 saturated heterocycles. The van der Waals surface area contributed by atoms with Crippen LogP contribution in [0.2, 0.25) is 0 Å². The number of Topliss-reactive ketones (excluding diaryl/α,β-unsaturated/α-hetero) is 1. The summed E-state index contributed by atoms with van der Waals surface area (Å²) in [5.41, 5.74) is 0.283. The minimum atomic E-state index is -0.341. The average molecular weight is 217 g/mol.